The SMILES string of the molecule is C/C=C\CCl.C=C(C)C.CSCc1nnc(CCCCC(=O)NCc2ccc3c(c2)OCO3)n1CCc1ccccc1. The summed E-state index contributed by atoms with van der Waals surface area (Å²) in [6.07, 6.45) is 9.89. The number of unbranched alkanes of at least 4 members (excludes halogenated alkanes) is 1. The smallest absolute Gasteiger partial charge is 0.231 e. The van der Waals surface area contributed by atoms with Gasteiger partial charge in [0.2, 0.25) is 12.7 Å². The number of aromatic nitrogens is 3. The van der Waals surface area contributed by atoms with Gasteiger partial charge < -0.3 is 19.4 Å². The molecule has 9 heteroatoms. The Labute approximate surface area is 260 Å². The molecule has 0 aliphatic carbocycles. The van der Waals surface area contributed by atoms with Crippen LogP contribution in [0.3, 0.4) is 0 Å². The number of ether oxygens (including phenoxy) is 2. The summed E-state index contributed by atoms with van der Waals surface area (Å²) in [5.41, 5.74) is 3.48. The molecule has 4 rings (SSSR count). The Morgan fingerprint density at radius 3 is 2.43 bits per heavy atom. The zero-order valence-electron chi connectivity index (χ0n) is 25.4. The van der Waals surface area contributed by atoms with E-state index in [-0.39, 0.29) is 12.7 Å². The van der Waals surface area contributed by atoms with Gasteiger partial charge in [-0.05, 0) is 69.5 Å². The van der Waals surface area contributed by atoms with Crippen molar-refractivity contribution in [3.8, 4) is 11.5 Å². The highest BCUT2D eigenvalue weighted by molar-refractivity contribution is 7.97. The molecule has 0 saturated carbocycles. The molecule has 0 spiro atoms. The van der Waals surface area contributed by atoms with Crippen molar-refractivity contribution in [2.24, 2.45) is 0 Å². The van der Waals surface area contributed by atoms with Crippen molar-refractivity contribution < 1.29 is 14.3 Å². The number of nitrogens with one attached hydrogen (secondary N) is 1. The Bertz CT molecular complexity index is 1240. The number of thioether (sulfide) groups is 1. The topological polar surface area (TPSA) is 78.3 Å². The first-order chi connectivity index (χ1) is 20.4. The third kappa shape index (κ3) is 13.6. The van der Waals surface area contributed by atoms with E-state index in [1.54, 1.807) is 11.8 Å². The summed E-state index contributed by atoms with van der Waals surface area (Å²) in [6.45, 7) is 11.1. The van der Waals surface area contributed by atoms with Crippen LogP contribution in [0, 0.1) is 0 Å². The summed E-state index contributed by atoms with van der Waals surface area (Å²) >= 11 is 6.97. The van der Waals surface area contributed by atoms with Crippen molar-refractivity contribution >= 4 is 29.3 Å². The third-order valence-corrected chi connectivity index (χ3v) is 6.68. The normalized spacial score (nSPS) is 11.4. The van der Waals surface area contributed by atoms with Gasteiger partial charge in [-0.1, -0.05) is 54.1 Å². The Morgan fingerprint density at radius 2 is 1.76 bits per heavy atom. The van der Waals surface area contributed by atoms with E-state index in [0.717, 1.165) is 66.7 Å². The molecule has 228 valence electrons. The van der Waals surface area contributed by atoms with Gasteiger partial charge in [0.1, 0.15) is 11.6 Å². The molecule has 42 heavy (non-hydrogen) atoms. The molecule has 0 unspecified atom stereocenters. The molecule has 0 saturated heterocycles. The molecule has 0 fully saturated rings. The van der Waals surface area contributed by atoms with E-state index in [4.69, 9.17) is 21.1 Å². The van der Waals surface area contributed by atoms with E-state index < -0.39 is 0 Å². The van der Waals surface area contributed by atoms with Gasteiger partial charge in [-0.15, -0.1) is 28.4 Å². The number of hydrogen-bond donors (Lipinski definition) is 1. The van der Waals surface area contributed by atoms with Crippen LogP contribution in [0.4, 0.5) is 0 Å². The van der Waals surface area contributed by atoms with Crippen LogP contribution in [-0.2, 0) is 36.5 Å². The lowest BCUT2D eigenvalue weighted by atomic mass is 10.1. The first-order valence-corrected chi connectivity index (χ1v) is 16.2. The van der Waals surface area contributed by atoms with E-state index in [0.29, 0.717) is 18.8 Å². The van der Waals surface area contributed by atoms with Crippen LogP contribution in [0.5, 0.6) is 11.5 Å². The molecule has 1 amide bonds. The Balaban J connectivity index is 0.000000600. The van der Waals surface area contributed by atoms with Crippen molar-refractivity contribution in [3.05, 3.63) is 95.6 Å². The number of hydrogen-bond acceptors (Lipinski definition) is 6. The summed E-state index contributed by atoms with van der Waals surface area (Å²) in [4.78, 5) is 12.3. The van der Waals surface area contributed by atoms with E-state index in [1.165, 1.54) is 11.1 Å². The molecule has 0 bridgehead atoms. The maximum atomic E-state index is 12.3. The molecule has 0 radical (unpaired) electrons. The van der Waals surface area contributed by atoms with Crippen LogP contribution < -0.4 is 14.8 Å². The second kappa shape index (κ2) is 20.6. The van der Waals surface area contributed by atoms with Crippen molar-refractivity contribution in [2.45, 2.75) is 71.7 Å². The molecule has 2 heterocycles. The minimum atomic E-state index is 0.0567. The highest BCUT2D eigenvalue weighted by Crippen LogP contribution is 2.32. The van der Waals surface area contributed by atoms with Gasteiger partial charge in [-0.2, -0.15) is 11.8 Å². The van der Waals surface area contributed by atoms with Crippen LogP contribution in [0.2, 0.25) is 0 Å². The number of allylic oxidation sites excluding steroid dienone is 3. The van der Waals surface area contributed by atoms with Gasteiger partial charge in [-0.25, -0.2) is 0 Å². The summed E-state index contributed by atoms with van der Waals surface area (Å²) in [5, 5.41) is 11.8. The number of rotatable bonds is 13. The molecular formula is C33H45ClN4O3S. The Morgan fingerprint density at radius 1 is 1.05 bits per heavy atom. The van der Waals surface area contributed by atoms with E-state index in [9.17, 15) is 4.79 Å². The van der Waals surface area contributed by atoms with Crippen LogP contribution in [0.1, 0.15) is 62.8 Å². The number of carbonyl (C=O) groups is 1. The molecule has 2 aromatic carbocycles. The van der Waals surface area contributed by atoms with Crippen LogP contribution in [0.25, 0.3) is 0 Å². The lowest BCUT2D eigenvalue weighted by Gasteiger charge is -2.10. The minimum absolute atomic E-state index is 0.0567. The highest BCUT2D eigenvalue weighted by atomic mass is 35.5. The summed E-state index contributed by atoms with van der Waals surface area (Å²) in [7, 11) is 0. The van der Waals surface area contributed by atoms with Crippen molar-refractivity contribution in [1.29, 1.82) is 0 Å². The van der Waals surface area contributed by atoms with Gasteiger partial charge in [0, 0.05) is 31.8 Å². The van der Waals surface area contributed by atoms with Gasteiger partial charge in [0.15, 0.2) is 11.5 Å². The molecule has 1 N–H and O–H groups in total. The van der Waals surface area contributed by atoms with Crippen LogP contribution in [-0.4, -0.2) is 39.6 Å². The molecule has 0 atom stereocenters. The van der Waals surface area contributed by atoms with Crippen molar-refractivity contribution in [3.63, 3.8) is 0 Å². The lowest BCUT2D eigenvalue weighted by molar-refractivity contribution is -0.121. The number of carbonyl (C=O) groups excluding carboxylic acids is 1. The van der Waals surface area contributed by atoms with Gasteiger partial charge in [0.25, 0.3) is 0 Å². The van der Waals surface area contributed by atoms with E-state index in [1.807, 2.05) is 57.2 Å². The van der Waals surface area contributed by atoms with Gasteiger partial charge >= 0.3 is 0 Å². The zero-order chi connectivity index (χ0) is 30.6. The summed E-state index contributed by atoms with van der Waals surface area (Å²) < 4.78 is 13.0. The Kier molecular flexibility index (Phi) is 17.2. The minimum Gasteiger partial charge on any atom is -0.454 e. The quantitative estimate of drug-likeness (QED) is 0.122. The average Bonchev–Trinajstić information content (AvgIpc) is 3.60. The number of halogens is 1. The highest BCUT2D eigenvalue weighted by Gasteiger charge is 2.14. The number of nitrogens with zero attached hydrogens (tertiary/aromatic N) is 3. The molecule has 1 aliphatic rings. The average molecular weight is 613 g/mol. The first-order valence-electron chi connectivity index (χ1n) is 14.3. The predicted molar refractivity (Wildman–Crippen MR) is 175 cm³/mol. The molecule has 7 nitrogen and oxygen atoms in total. The number of alkyl halides is 1. The Hall–Kier alpha value is -3.23. The maximum Gasteiger partial charge on any atom is 0.231 e. The third-order valence-electron chi connectivity index (χ3n) is 5.95. The van der Waals surface area contributed by atoms with Gasteiger partial charge in [-0.3, -0.25) is 4.79 Å². The van der Waals surface area contributed by atoms with Crippen molar-refractivity contribution in [2.75, 3.05) is 18.9 Å². The number of fused-ring (bicyclic) bond motifs is 1. The monoisotopic (exact) mass is 612 g/mol. The van der Waals surface area contributed by atoms with E-state index in [2.05, 4.69) is 57.2 Å². The van der Waals surface area contributed by atoms with Crippen LogP contribution >= 0.6 is 23.4 Å². The molecule has 1 aromatic heterocycles. The largest absolute Gasteiger partial charge is 0.454 e. The number of aryl methyl sites for hydroxylation is 2. The maximum absolute atomic E-state index is 12.3. The first kappa shape index (κ1) is 35.0. The second-order valence-corrected chi connectivity index (χ2v) is 11.1. The van der Waals surface area contributed by atoms with Gasteiger partial charge in [0.05, 0.1) is 5.75 Å². The molecule has 1 aliphatic heterocycles. The lowest BCUT2D eigenvalue weighted by Crippen LogP contribution is -2.22. The molecule has 3 aromatic rings. The number of benzene rings is 2. The standard InChI is InChI=1S/C25H30N4O3S.C4H7Cl.C4H8/c1-33-17-24-28-27-23(29(24)14-13-19-7-3-2-4-8-19)9-5-6-10-25(30)26-16-20-11-12-21-22(15-20)32-18-31-21;1-2-3-4-5;1-4(2)3/h2-4,7-8,11-12,15H,5-6,9-10,13-14,16-18H2,1H3,(H,26,30);2-3H,4H2,1H3;1H2,2-3H3/b;3-2-;. The summed E-state index contributed by atoms with van der Waals surface area (Å²) in [6, 6.07) is 16.2. The fraction of sp³-hybridized carbons (Fsp3) is 0.424. The second-order valence-electron chi connectivity index (χ2n) is 9.95. The fourth-order valence-electron chi connectivity index (χ4n) is 3.93. The van der Waals surface area contributed by atoms with E-state index >= 15 is 0 Å². The summed E-state index contributed by atoms with van der Waals surface area (Å²) in [5.74, 6) is 5.06. The predicted octanol–water partition coefficient (Wildman–Crippen LogP) is 7.53. The van der Waals surface area contributed by atoms with Crippen molar-refractivity contribution in [1.82, 2.24) is 20.1 Å². The fourth-order valence-corrected chi connectivity index (χ4v) is 4.58. The van der Waals surface area contributed by atoms with Crippen LogP contribution in [0.15, 0.2) is 72.8 Å². The number of amides is 1. The zero-order valence-corrected chi connectivity index (χ0v) is 27.0. The molecular weight excluding hydrogens is 568 g/mol.